The monoisotopic (exact) mass is 269 g/mol. The average Bonchev–Trinajstić information content (AvgIpc) is 2.38. The first-order chi connectivity index (χ1) is 9.22. The van der Waals surface area contributed by atoms with E-state index in [0.717, 1.165) is 12.8 Å². The molecule has 2 atom stereocenters. The molecule has 0 saturated carbocycles. The first kappa shape index (κ1) is 14.9. The number of piperidine rings is 2. The Bertz CT molecular complexity index is 277. The van der Waals surface area contributed by atoms with Crippen LogP contribution in [0.1, 0.15) is 52.4 Å². The van der Waals surface area contributed by atoms with Gasteiger partial charge in [0.25, 0.3) is 0 Å². The Morgan fingerprint density at radius 2 is 1.74 bits per heavy atom. The number of hydrogen-bond donors (Lipinski definition) is 1. The van der Waals surface area contributed by atoms with Crippen LogP contribution in [0.5, 0.6) is 0 Å². The number of ether oxygens (including phenoxy) is 2. The quantitative estimate of drug-likeness (QED) is 0.720. The van der Waals surface area contributed by atoms with Gasteiger partial charge in [0, 0.05) is 31.2 Å². The summed E-state index contributed by atoms with van der Waals surface area (Å²) in [4.78, 5) is 12.4. The summed E-state index contributed by atoms with van der Waals surface area (Å²) in [5.74, 6) is 0.533. The molecule has 19 heavy (non-hydrogen) atoms. The fourth-order valence-electron chi connectivity index (χ4n) is 3.40. The van der Waals surface area contributed by atoms with E-state index in [1.54, 1.807) is 0 Å². The molecule has 2 aliphatic rings. The van der Waals surface area contributed by atoms with Crippen LogP contribution >= 0.6 is 0 Å². The van der Waals surface area contributed by atoms with Crippen molar-refractivity contribution in [2.75, 3.05) is 13.2 Å². The summed E-state index contributed by atoms with van der Waals surface area (Å²) in [5.41, 5.74) is 0. The van der Waals surface area contributed by atoms with E-state index in [9.17, 15) is 4.79 Å². The van der Waals surface area contributed by atoms with E-state index in [1.807, 2.05) is 13.8 Å². The van der Waals surface area contributed by atoms with Crippen molar-refractivity contribution in [3.8, 4) is 0 Å². The van der Waals surface area contributed by atoms with Gasteiger partial charge >= 0.3 is 0 Å². The van der Waals surface area contributed by atoms with Crippen molar-refractivity contribution >= 4 is 5.78 Å². The maximum Gasteiger partial charge on any atom is 0.164 e. The van der Waals surface area contributed by atoms with Crippen LogP contribution < -0.4 is 5.32 Å². The Balaban J connectivity index is 1.84. The Labute approximate surface area is 116 Å². The minimum Gasteiger partial charge on any atom is -0.352 e. The van der Waals surface area contributed by atoms with E-state index < -0.39 is 0 Å². The highest BCUT2D eigenvalue weighted by molar-refractivity contribution is 5.81. The lowest BCUT2D eigenvalue weighted by atomic mass is 9.78. The predicted molar refractivity (Wildman–Crippen MR) is 74.0 cm³/mol. The molecule has 2 unspecified atom stereocenters. The fourth-order valence-corrected chi connectivity index (χ4v) is 3.40. The molecule has 110 valence electrons. The van der Waals surface area contributed by atoms with Crippen LogP contribution in [0.15, 0.2) is 0 Å². The fraction of sp³-hybridized carbons (Fsp3) is 0.933. The maximum absolute atomic E-state index is 12.4. The number of fused-ring (bicyclic) bond motifs is 2. The summed E-state index contributed by atoms with van der Waals surface area (Å²) in [5, 5.41) is 3.63. The number of carbonyl (C=O) groups excluding carboxylic acids is 1. The molecule has 0 aliphatic carbocycles. The molecule has 2 aliphatic heterocycles. The zero-order valence-corrected chi connectivity index (χ0v) is 12.2. The molecule has 4 heteroatoms. The largest absolute Gasteiger partial charge is 0.352 e. The summed E-state index contributed by atoms with van der Waals surface area (Å²) in [7, 11) is 0. The molecule has 2 bridgehead atoms. The van der Waals surface area contributed by atoms with Crippen LogP contribution in [0.3, 0.4) is 0 Å². The second-order valence-electron chi connectivity index (χ2n) is 5.67. The summed E-state index contributed by atoms with van der Waals surface area (Å²) < 4.78 is 11.0. The van der Waals surface area contributed by atoms with E-state index >= 15 is 0 Å². The van der Waals surface area contributed by atoms with Gasteiger partial charge in [-0.1, -0.05) is 6.42 Å². The smallest absolute Gasteiger partial charge is 0.164 e. The third kappa shape index (κ3) is 4.26. The Morgan fingerprint density at radius 3 is 2.26 bits per heavy atom. The standard InChI is InChI=1S/C15H27NO3/c1-3-18-15(19-4-2)10-14(17)11-8-12-6-5-7-13(9-11)16-12/h11-13,15-16H,3-10H2,1-2H3. The van der Waals surface area contributed by atoms with Gasteiger partial charge in [-0.2, -0.15) is 0 Å². The van der Waals surface area contributed by atoms with Crippen molar-refractivity contribution in [3.63, 3.8) is 0 Å². The molecular weight excluding hydrogens is 242 g/mol. The van der Waals surface area contributed by atoms with Crippen LogP contribution in [0.2, 0.25) is 0 Å². The molecule has 2 heterocycles. The van der Waals surface area contributed by atoms with Crippen molar-refractivity contribution in [1.29, 1.82) is 0 Å². The second-order valence-corrected chi connectivity index (χ2v) is 5.67. The van der Waals surface area contributed by atoms with Gasteiger partial charge in [0.05, 0.1) is 6.42 Å². The van der Waals surface area contributed by atoms with E-state index in [-0.39, 0.29) is 12.2 Å². The van der Waals surface area contributed by atoms with Crippen LogP contribution in [-0.2, 0) is 14.3 Å². The van der Waals surface area contributed by atoms with Gasteiger partial charge in [-0.05, 0) is 39.5 Å². The second kappa shape index (κ2) is 7.36. The molecule has 1 N–H and O–H groups in total. The van der Waals surface area contributed by atoms with Crippen LogP contribution in [0.25, 0.3) is 0 Å². The summed E-state index contributed by atoms with van der Waals surface area (Å²) in [6.07, 6.45) is 5.81. The lowest BCUT2D eigenvalue weighted by Crippen LogP contribution is -2.50. The van der Waals surface area contributed by atoms with E-state index in [0.29, 0.717) is 37.5 Å². The minimum atomic E-state index is -0.350. The molecule has 0 aromatic rings. The minimum absolute atomic E-state index is 0.208. The molecule has 0 radical (unpaired) electrons. The Morgan fingerprint density at radius 1 is 1.16 bits per heavy atom. The summed E-state index contributed by atoms with van der Waals surface area (Å²) in [6.45, 7) is 5.06. The maximum atomic E-state index is 12.4. The SMILES string of the molecule is CCOC(CC(=O)C1CC2CCCC(C1)N2)OCC. The van der Waals surface area contributed by atoms with Gasteiger partial charge in [-0.25, -0.2) is 0 Å². The van der Waals surface area contributed by atoms with Crippen LogP contribution in [0.4, 0.5) is 0 Å². The Kier molecular flexibility index (Phi) is 5.79. The highest BCUT2D eigenvalue weighted by Gasteiger charge is 2.35. The lowest BCUT2D eigenvalue weighted by molar-refractivity contribution is -0.155. The zero-order chi connectivity index (χ0) is 13.7. The number of Topliss-reactive ketones (excluding diaryl/α,β-unsaturated/α-hetero) is 1. The first-order valence-corrected chi connectivity index (χ1v) is 7.74. The third-order valence-corrected chi connectivity index (χ3v) is 4.24. The van der Waals surface area contributed by atoms with E-state index in [4.69, 9.17) is 9.47 Å². The van der Waals surface area contributed by atoms with E-state index in [2.05, 4.69) is 5.32 Å². The van der Waals surface area contributed by atoms with Crippen molar-refractivity contribution in [3.05, 3.63) is 0 Å². The molecule has 0 spiro atoms. The highest BCUT2D eigenvalue weighted by atomic mass is 16.7. The third-order valence-electron chi connectivity index (χ3n) is 4.24. The number of nitrogens with one attached hydrogen (secondary N) is 1. The van der Waals surface area contributed by atoms with Gasteiger partial charge in [-0.15, -0.1) is 0 Å². The number of carbonyl (C=O) groups is 1. The molecular formula is C15H27NO3. The first-order valence-electron chi connectivity index (χ1n) is 7.74. The summed E-state index contributed by atoms with van der Waals surface area (Å²) in [6, 6.07) is 1.11. The molecule has 0 amide bonds. The highest BCUT2D eigenvalue weighted by Crippen LogP contribution is 2.31. The van der Waals surface area contributed by atoms with Gasteiger partial charge in [-0.3, -0.25) is 4.79 Å². The number of ketones is 1. The van der Waals surface area contributed by atoms with Crippen molar-refractivity contribution in [1.82, 2.24) is 5.32 Å². The van der Waals surface area contributed by atoms with Crippen molar-refractivity contribution in [2.45, 2.75) is 70.7 Å². The molecule has 0 aromatic heterocycles. The lowest BCUT2D eigenvalue weighted by Gasteiger charge is -2.40. The zero-order valence-electron chi connectivity index (χ0n) is 12.2. The number of rotatable bonds is 7. The Hall–Kier alpha value is -0.450. The van der Waals surface area contributed by atoms with Crippen LogP contribution in [0, 0.1) is 5.92 Å². The molecule has 2 rings (SSSR count). The number of hydrogen-bond acceptors (Lipinski definition) is 4. The average molecular weight is 269 g/mol. The van der Waals surface area contributed by atoms with Crippen molar-refractivity contribution in [2.24, 2.45) is 5.92 Å². The van der Waals surface area contributed by atoms with E-state index in [1.165, 1.54) is 19.3 Å². The van der Waals surface area contributed by atoms with Gasteiger partial charge in [0.2, 0.25) is 0 Å². The summed E-state index contributed by atoms with van der Waals surface area (Å²) >= 11 is 0. The van der Waals surface area contributed by atoms with Gasteiger partial charge in [0.1, 0.15) is 5.78 Å². The molecule has 4 nitrogen and oxygen atoms in total. The normalized spacial score (nSPS) is 30.6. The van der Waals surface area contributed by atoms with Crippen LogP contribution in [-0.4, -0.2) is 37.4 Å². The molecule has 2 fully saturated rings. The molecule has 2 saturated heterocycles. The predicted octanol–water partition coefficient (Wildman–Crippen LogP) is 2.27. The van der Waals surface area contributed by atoms with Gasteiger partial charge in [0.15, 0.2) is 6.29 Å². The topological polar surface area (TPSA) is 47.6 Å². The molecule has 0 aromatic carbocycles. The van der Waals surface area contributed by atoms with Crippen molar-refractivity contribution < 1.29 is 14.3 Å². The van der Waals surface area contributed by atoms with Gasteiger partial charge < -0.3 is 14.8 Å².